The number of carbonyl (C=O) groups excluding carboxylic acids is 2. The Hall–Kier alpha value is -4.18. The van der Waals surface area contributed by atoms with Crippen LogP contribution in [0.4, 0.5) is 22.7 Å². The highest BCUT2D eigenvalue weighted by molar-refractivity contribution is 6.05. The van der Waals surface area contributed by atoms with E-state index in [9.17, 15) is 9.59 Å². The van der Waals surface area contributed by atoms with Crippen LogP contribution in [0.2, 0.25) is 0 Å². The zero-order valence-electron chi connectivity index (χ0n) is 15.1. The highest BCUT2D eigenvalue weighted by Crippen LogP contribution is 2.20. The second kappa shape index (κ2) is 8.47. The Labute approximate surface area is 162 Å². The lowest BCUT2D eigenvalue weighted by Gasteiger charge is -2.10. The third-order valence-corrected chi connectivity index (χ3v) is 3.79. The summed E-state index contributed by atoms with van der Waals surface area (Å²) in [5.41, 5.74) is 3.30. The molecule has 0 radical (unpaired) electrons. The van der Waals surface area contributed by atoms with Gasteiger partial charge in [-0.3, -0.25) is 14.6 Å². The number of aromatic nitrogens is 1. The standard InChI is InChI=1S/C21H17N5O2/c1-14(27)24-17-6-8-18(9-7-17)25-19-10-16(12-23-13-19)21(28)26-20-5-3-2-4-15(20)11-22/h2-10,12-13,25H,1H3,(H,24,27)(H,26,28). The van der Waals surface area contributed by atoms with Crippen molar-refractivity contribution >= 4 is 34.6 Å². The van der Waals surface area contributed by atoms with Crippen molar-refractivity contribution in [2.75, 3.05) is 16.0 Å². The second-order valence-corrected chi connectivity index (χ2v) is 5.96. The number of benzene rings is 2. The fourth-order valence-corrected chi connectivity index (χ4v) is 2.52. The third-order valence-electron chi connectivity index (χ3n) is 3.79. The number of hydrogen-bond acceptors (Lipinski definition) is 5. The minimum atomic E-state index is -0.361. The van der Waals surface area contributed by atoms with E-state index in [4.69, 9.17) is 5.26 Å². The molecule has 0 aliphatic carbocycles. The molecule has 2 aromatic carbocycles. The van der Waals surface area contributed by atoms with E-state index in [1.807, 2.05) is 6.07 Å². The number of para-hydroxylation sites is 1. The molecule has 0 fully saturated rings. The maximum Gasteiger partial charge on any atom is 0.257 e. The predicted octanol–water partition coefficient (Wildman–Crippen LogP) is 3.91. The van der Waals surface area contributed by atoms with Crippen molar-refractivity contribution < 1.29 is 9.59 Å². The van der Waals surface area contributed by atoms with Crippen LogP contribution >= 0.6 is 0 Å². The van der Waals surface area contributed by atoms with Crippen LogP contribution in [0, 0.1) is 11.3 Å². The molecule has 2 amide bonds. The van der Waals surface area contributed by atoms with Gasteiger partial charge in [-0.1, -0.05) is 12.1 Å². The van der Waals surface area contributed by atoms with Crippen LogP contribution in [-0.2, 0) is 4.79 Å². The molecule has 3 rings (SSSR count). The minimum Gasteiger partial charge on any atom is -0.354 e. The molecular formula is C21H17N5O2. The molecule has 3 N–H and O–H groups in total. The summed E-state index contributed by atoms with van der Waals surface area (Å²) >= 11 is 0. The topological polar surface area (TPSA) is 107 Å². The van der Waals surface area contributed by atoms with Gasteiger partial charge in [-0.15, -0.1) is 0 Å². The Kier molecular flexibility index (Phi) is 5.63. The van der Waals surface area contributed by atoms with Gasteiger partial charge in [0.1, 0.15) is 6.07 Å². The summed E-state index contributed by atoms with van der Waals surface area (Å²) < 4.78 is 0. The van der Waals surface area contributed by atoms with Crippen molar-refractivity contribution in [1.29, 1.82) is 5.26 Å². The van der Waals surface area contributed by atoms with Crippen molar-refractivity contribution in [3.05, 3.63) is 78.1 Å². The average molecular weight is 371 g/mol. The summed E-state index contributed by atoms with van der Waals surface area (Å²) in [7, 11) is 0. The number of nitriles is 1. The molecule has 0 aliphatic heterocycles. The molecule has 28 heavy (non-hydrogen) atoms. The number of amides is 2. The van der Waals surface area contributed by atoms with Crippen LogP contribution in [0.3, 0.4) is 0 Å². The van der Waals surface area contributed by atoms with Crippen molar-refractivity contribution in [2.45, 2.75) is 6.92 Å². The monoisotopic (exact) mass is 371 g/mol. The van der Waals surface area contributed by atoms with Gasteiger partial charge >= 0.3 is 0 Å². The van der Waals surface area contributed by atoms with E-state index >= 15 is 0 Å². The van der Waals surface area contributed by atoms with Crippen LogP contribution in [0.5, 0.6) is 0 Å². The van der Waals surface area contributed by atoms with Crippen molar-refractivity contribution in [1.82, 2.24) is 4.98 Å². The van der Waals surface area contributed by atoms with Gasteiger partial charge in [0.05, 0.1) is 28.7 Å². The normalized spacial score (nSPS) is 9.86. The smallest absolute Gasteiger partial charge is 0.257 e. The highest BCUT2D eigenvalue weighted by atomic mass is 16.2. The van der Waals surface area contributed by atoms with Gasteiger partial charge in [-0.2, -0.15) is 5.26 Å². The molecule has 0 saturated heterocycles. The molecule has 0 unspecified atom stereocenters. The molecule has 1 aromatic heterocycles. The van der Waals surface area contributed by atoms with Crippen LogP contribution in [0.1, 0.15) is 22.8 Å². The maximum atomic E-state index is 12.5. The molecule has 0 aliphatic rings. The second-order valence-electron chi connectivity index (χ2n) is 5.96. The fourth-order valence-electron chi connectivity index (χ4n) is 2.52. The number of carbonyl (C=O) groups is 2. The zero-order chi connectivity index (χ0) is 19.9. The molecule has 138 valence electrons. The molecule has 1 heterocycles. The first-order valence-corrected chi connectivity index (χ1v) is 8.45. The van der Waals surface area contributed by atoms with Crippen LogP contribution in [0.25, 0.3) is 0 Å². The lowest BCUT2D eigenvalue weighted by Crippen LogP contribution is -2.13. The Morgan fingerprint density at radius 3 is 2.36 bits per heavy atom. The van der Waals surface area contributed by atoms with Crippen LogP contribution in [0.15, 0.2) is 67.0 Å². The fraction of sp³-hybridized carbons (Fsp3) is 0.0476. The van der Waals surface area contributed by atoms with E-state index in [0.29, 0.717) is 28.2 Å². The number of nitrogens with one attached hydrogen (secondary N) is 3. The molecular weight excluding hydrogens is 354 g/mol. The van der Waals surface area contributed by atoms with Gasteiger partial charge in [-0.05, 0) is 42.5 Å². The van der Waals surface area contributed by atoms with Gasteiger partial charge in [0, 0.05) is 24.5 Å². The van der Waals surface area contributed by atoms with Crippen molar-refractivity contribution in [2.24, 2.45) is 0 Å². The largest absolute Gasteiger partial charge is 0.354 e. The molecule has 0 saturated carbocycles. The number of anilines is 4. The van der Waals surface area contributed by atoms with Gasteiger partial charge in [0.15, 0.2) is 0 Å². The van der Waals surface area contributed by atoms with E-state index in [-0.39, 0.29) is 11.8 Å². The van der Waals surface area contributed by atoms with E-state index in [1.54, 1.807) is 60.8 Å². The van der Waals surface area contributed by atoms with Crippen LogP contribution in [-0.4, -0.2) is 16.8 Å². The predicted molar refractivity (Wildman–Crippen MR) is 107 cm³/mol. The Bertz CT molecular complexity index is 1050. The summed E-state index contributed by atoms with van der Waals surface area (Å²) in [6.07, 6.45) is 3.05. The number of hydrogen-bond donors (Lipinski definition) is 3. The first-order chi connectivity index (χ1) is 13.5. The quantitative estimate of drug-likeness (QED) is 0.630. The maximum absolute atomic E-state index is 12.5. The zero-order valence-corrected chi connectivity index (χ0v) is 15.1. The van der Waals surface area contributed by atoms with Gasteiger partial charge in [0.25, 0.3) is 5.91 Å². The molecule has 0 atom stereocenters. The minimum absolute atomic E-state index is 0.137. The lowest BCUT2D eigenvalue weighted by molar-refractivity contribution is -0.114. The van der Waals surface area contributed by atoms with E-state index in [1.165, 1.54) is 13.1 Å². The van der Waals surface area contributed by atoms with Crippen molar-refractivity contribution in [3.63, 3.8) is 0 Å². The van der Waals surface area contributed by atoms with E-state index < -0.39 is 0 Å². The van der Waals surface area contributed by atoms with Gasteiger partial charge < -0.3 is 16.0 Å². The first-order valence-electron chi connectivity index (χ1n) is 8.45. The SMILES string of the molecule is CC(=O)Nc1ccc(Nc2cncc(C(=O)Nc3ccccc3C#N)c2)cc1. The van der Waals surface area contributed by atoms with Crippen molar-refractivity contribution in [3.8, 4) is 6.07 Å². The summed E-state index contributed by atoms with van der Waals surface area (Å²) in [4.78, 5) is 27.7. The summed E-state index contributed by atoms with van der Waals surface area (Å²) in [5, 5.41) is 17.7. The average Bonchev–Trinajstić information content (AvgIpc) is 2.70. The first kappa shape index (κ1) is 18.6. The third kappa shape index (κ3) is 4.71. The summed E-state index contributed by atoms with van der Waals surface area (Å²) in [6, 6.07) is 17.6. The molecule has 7 heteroatoms. The van der Waals surface area contributed by atoms with E-state index in [2.05, 4.69) is 20.9 Å². The van der Waals surface area contributed by atoms with Gasteiger partial charge in [-0.25, -0.2) is 0 Å². The summed E-state index contributed by atoms with van der Waals surface area (Å²) in [6.45, 7) is 1.45. The molecule has 3 aromatic rings. The number of nitrogens with zero attached hydrogens (tertiary/aromatic N) is 2. The number of pyridine rings is 1. The Balaban J connectivity index is 1.72. The molecule has 0 spiro atoms. The number of rotatable bonds is 5. The summed E-state index contributed by atoms with van der Waals surface area (Å²) in [5.74, 6) is -0.499. The Morgan fingerprint density at radius 2 is 1.64 bits per heavy atom. The highest BCUT2D eigenvalue weighted by Gasteiger charge is 2.10. The van der Waals surface area contributed by atoms with E-state index in [0.717, 1.165) is 5.69 Å². The molecule has 7 nitrogen and oxygen atoms in total. The van der Waals surface area contributed by atoms with Crippen LogP contribution < -0.4 is 16.0 Å². The molecule has 0 bridgehead atoms. The Morgan fingerprint density at radius 1 is 0.929 bits per heavy atom. The van der Waals surface area contributed by atoms with Gasteiger partial charge in [0.2, 0.25) is 5.91 Å². The lowest BCUT2D eigenvalue weighted by atomic mass is 10.2.